The summed E-state index contributed by atoms with van der Waals surface area (Å²) in [7, 11) is 2.26. The van der Waals surface area contributed by atoms with Gasteiger partial charge in [-0.2, -0.15) is 0 Å². The molecule has 0 aliphatic carbocycles. The van der Waals surface area contributed by atoms with Gasteiger partial charge in [0.2, 0.25) is 0 Å². The Kier molecular flexibility index (Phi) is 2.27. The van der Waals surface area contributed by atoms with Crippen LogP contribution >= 0.6 is 11.6 Å². The summed E-state index contributed by atoms with van der Waals surface area (Å²) in [6.07, 6.45) is 5.90. The fourth-order valence-corrected chi connectivity index (χ4v) is 3.79. The number of halogens is 1. The van der Waals surface area contributed by atoms with Gasteiger partial charge in [-0.25, -0.2) is 4.98 Å². The first-order chi connectivity index (χ1) is 7.61. The van der Waals surface area contributed by atoms with Gasteiger partial charge in [-0.15, -0.1) is 0 Å². The van der Waals surface area contributed by atoms with Gasteiger partial charge in [0.1, 0.15) is 5.15 Å². The molecule has 3 heterocycles. The molecule has 1 aromatic heterocycles. The minimum Gasteiger partial charge on any atom is -0.300 e. The average Bonchev–Trinajstić information content (AvgIpc) is 2.73. The van der Waals surface area contributed by atoms with Crippen molar-refractivity contribution in [2.45, 2.75) is 43.7 Å². The highest BCUT2D eigenvalue weighted by Gasteiger charge is 2.52. The van der Waals surface area contributed by atoms with Crippen molar-refractivity contribution in [2.75, 3.05) is 7.05 Å². The molecular formula is C13H17ClN2. The first kappa shape index (κ1) is 10.5. The van der Waals surface area contributed by atoms with Crippen molar-refractivity contribution in [3.63, 3.8) is 0 Å². The van der Waals surface area contributed by atoms with E-state index >= 15 is 0 Å². The Morgan fingerprint density at radius 2 is 2.25 bits per heavy atom. The number of pyridine rings is 1. The van der Waals surface area contributed by atoms with E-state index in [1.807, 2.05) is 12.3 Å². The minimum atomic E-state index is 0.273. The van der Waals surface area contributed by atoms with Gasteiger partial charge in [-0.1, -0.05) is 24.6 Å². The second-order valence-electron chi connectivity index (χ2n) is 5.40. The highest BCUT2D eigenvalue weighted by atomic mass is 35.5. The number of hydrogen-bond acceptors (Lipinski definition) is 2. The van der Waals surface area contributed by atoms with Crippen molar-refractivity contribution in [1.82, 2.24) is 9.88 Å². The number of likely N-dealkylation sites (N-methyl/N-ethyl adjacent to an activating group) is 1. The molecule has 2 nitrogen and oxygen atoms in total. The molecule has 0 radical (unpaired) electrons. The number of hydrogen-bond donors (Lipinski definition) is 0. The van der Waals surface area contributed by atoms with E-state index in [9.17, 15) is 0 Å². The Labute approximate surface area is 102 Å². The molecule has 86 valence electrons. The molecule has 0 N–H and O–H groups in total. The van der Waals surface area contributed by atoms with Gasteiger partial charge >= 0.3 is 0 Å². The van der Waals surface area contributed by atoms with E-state index in [0.29, 0.717) is 11.2 Å². The largest absolute Gasteiger partial charge is 0.300 e. The summed E-state index contributed by atoms with van der Waals surface area (Å²) < 4.78 is 0. The second-order valence-corrected chi connectivity index (χ2v) is 5.79. The van der Waals surface area contributed by atoms with Crippen LogP contribution in [0.25, 0.3) is 0 Å². The van der Waals surface area contributed by atoms with E-state index in [1.165, 1.54) is 24.8 Å². The van der Waals surface area contributed by atoms with Gasteiger partial charge in [0.05, 0.1) is 0 Å². The summed E-state index contributed by atoms with van der Waals surface area (Å²) >= 11 is 5.85. The third-order valence-corrected chi connectivity index (χ3v) is 4.85. The van der Waals surface area contributed by atoms with Crippen LogP contribution in [0.3, 0.4) is 0 Å². The second kappa shape index (κ2) is 3.44. The van der Waals surface area contributed by atoms with Gasteiger partial charge in [0.25, 0.3) is 0 Å². The van der Waals surface area contributed by atoms with Crippen molar-refractivity contribution in [2.24, 2.45) is 0 Å². The summed E-state index contributed by atoms with van der Waals surface area (Å²) in [5, 5.41) is 0.587. The number of aromatic nitrogens is 1. The van der Waals surface area contributed by atoms with E-state index in [4.69, 9.17) is 11.6 Å². The monoisotopic (exact) mass is 236 g/mol. The smallest absolute Gasteiger partial charge is 0.129 e. The summed E-state index contributed by atoms with van der Waals surface area (Å²) in [5.74, 6) is 0. The average molecular weight is 237 g/mol. The fourth-order valence-electron chi connectivity index (χ4n) is 3.68. The molecule has 2 fully saturated rings. The van der Waals surface area contributed by atoms with E-state index in [2.05, 4.69) is 29.9 Å². The maximum atomic E-state index is 5.85. The number of nitrogens with zero attached hydrogens (tertiary/aromatic N) is 2. The van der Waals surface area contributed by atoms with Crippen molar-refractivity contribution in [3.05, 3.63) is 29.0 Å². The first-order valence-corrected chi connectivity index (χ1v) is 6.33. The Bertz CT molecular complexity index is 403. The molecule has 3 heteroatoms. The SMILES string of the molecule is CN1[C@H]2CC[C@@H]1[C@@](C)(c1ccc(Cl)nc1)C2. The lowest BCUT2D eigenvalue weighted by Gasteiger charge is -2.33. The predicted octanol–water partition coefficient (Wildman–Crippen LogP) is 2.86. The molecule has 0 unspecified atom stereocenters. The summed E-state index contributed by atoms with van der Waals surface area (Å²) in [5.41, 5.74) is 1.62. The van der Waals surface area contributed by atoms with Crippen LogP contribution in [0.15, 0.2) is 18.3 Å². The van der Waals surface area contributed by atoms with Gasteiger partial charge < -0.3 is 0 Å². The molecule has 2 bridgehead atoms. The molecule has 1 aromatic rings. The molecule has 0 saturated carbocycles. The van der Waals surface area contributed by atoms with Crippen LogP contribution in [-0.4, -0.2) is 29.0 Å². The number of rotatable bonds is 1. The quantitative estimate of drug-likeness (QED) is 0.697. The van der Waals surface area contributed by atoms with Crippen molar-refractivity contribution in [3.8, 4) is 0 Å². The fraction of sp³-hybridized carbons (Fsp3) is 0.615. The summed E-state index contributed by atoms with van der Waals surface area (Å²) in [6, 6.07) is 5.50. The lowest BCUT2D eigenvalue weighted by molar-refractivity contribution is 0.273. The highest BCUT2D eigenvalue weighted by Crippen LogP contribution is 2.49. The van der Waals surface area contributed by atoms with Gasteiger partial charge in [0.15, 0.2) is 0 Å². The van der Waals surface area contributed by atoms with Crippen LogP contribution < -0.4 is 0 Å². The topological polar surface area (TPSA) is 16.1 Å². The third-order valence-electron chi connectivity index (χ3n) is 4.62. The number of fused-ring (bicyclic) bond motifs is 2. The van der Waals surface area contributed by atoms with Gasteiger partial charge in [-0.3, -0.25) is 4.90 Å². The summed E-state index contributed by atoms with van der Waals surface area (Å²) in [4.78, 5) is 6.77. The third kappa shape index (κ3) is 1.33. The van der Waals surface area contributed by atoms with Crippen LogP contribution in [0.1, 0.15) is 31.7 Å². The molecule has 0 spiro atoms. The Morgan fingerprint density at radius 1 is 1.44 bits per heavy atom. The van der Waals surface area contributed by atoms with Crippen LogP contribution in [0, 0.1) is 0 Å². The zero-order valence-corrected chi connectivity index (χ0v) is 10.5. The molecule has 3 atom stereocenters. The lowest BCUT2D eigenvalue weighted by atomic mass is 9.71. The Morgan fingerprint density at radius 3 is 2.75 bits per heavy atom. The molecule has 2 saturated heterocycles. The van der Waals surface area contributed by atoms with Gasteiger partial charge in [-0.05, 0) is 37.9 Å². The van der Waals surface area contributed by atoms with E-state index in [0.717, 1.165) is 6.04 Å². The Balaban J connectivity index is 1.98. The predicted molar refractivity (Wildman–Crippen MR) is 65.8 cm³/mol. The van der Waals surface area contributed by atoms with E-state index in [1.54, 1.807) is 0 Å². The Hall–Kier alpha value is -0.600. The van der Waals surface area contributed by atoms with Crippen molar-refractivity contribution in [1.29, 1.82) is 0 Å². The maximum Gasteiger partial charge on any atom is 0.129 e. The van der Waals surface area contributed by atoms with Crippen LogP contribution in [-0.2, 0) is 5.41 Å². The molecule has 3 rings (SSSR count). The van der Waals surface area contributed by atoms with Crippen LogP contribution in [0.4, 0.5) is 0 Å². The minimum absolute atomic E-state index is 0.273. The standard InChI is InChI=1S/C13H17ClN2/c1-13(9-3-6-12(14)15-8-9)7-10-4-5-11(13)16(10)2/h3,6,8,10-11H,4-5,7H2,1-2H3/t10-,11+,13+/m0/s1. The normalized spacial score (nSPS) is 38.2. The zero-order chi connectivity index (χ0) is 11.3. The van der Waals surface area contributed by atoms with Crippen molar-refractivity contribution < 1.29 is 0 Å². The van der Waals surface area contributed by atoms with Crippen LogP contribution in [0.2, 0.25) is 5.15 Å². The molecule has 0 amide bonds. The molecule has 2 aliphatic rings. The summed E-state index contributed by atoms with van der Waals surface area (Å²) in [6.45, 7) is 2.37. The molecule has 2 aliphatic heterocycles. The molecule has 16 heavy (non-hydrogen) atoms. The lowest BCUT2D eigenvalue weighted by Crippen LogP contribution is -2.37. The molecule has 0 aromatic carbocycles. The zero-order valence-electron chi connectivity index (χ0n) is 9.78. The first-order valence-electron chi connectivity index (χ1n) is 5.95. The van der Waals surface area contributed by atoms with Crippen molar-refractivity contribution >= 4 is 11.6 Å². The van der Waals surface area contributed by atoms with Gasteiger partial charge in [0, 0.05) is 23.7 Å². The molecular weight excluding hydrogens is 220 g/mol. The van der Waals surface area contributed by atoms with E-state index < -0.39 is 0 Å². The maximum absolute atomic E-state index is 5.85. The van der Waals surface area contributed by atoms with E-state index in [-0.39, 0.29) is 5.41 Å². The van der Waals surface area contributed by atoms with Crippen LogP contribution in [0.5, 0.6) is 0 Å². The highest BCUT2D eigenvalue weighted by molar-refractivity contribution is 6.29.